The van der Waals surface area contributed by atoms with Crippen molar-refractivity contribution in [1.82, 2.24) is 4.90 Å². The lowest BCUT2D eigenvalue weighted by molar-refractivity contribution is -0.383. The van der Waals surface area contributed by atoms with Crippen LogP contribution in [0.5, 0.6) is 0 Å². The molecule has 1 heterocycles. The van der Waals surface area contributed by atoms with Crippen LogP contribution in [-0.2, 0) is 4.79 Å². The number of hydrogen-bond donors (Lipinski definition) is 1. The van der Waals surface area contributed by atoms with Gasteiger partial charge in [0.2, 0.25) is 5.91 Å². The number of piperidine rings is 1. The first-order valence-electron chi connectivity index (χ1n) is 8.84. The molecule has 0 aromatic heterocycles. The number of nitrogens with one attached hydrogen (secondary N) is 1. The van der Waals surface area contributed by atoms with Crippen molar-refractivity contribution >= 4 is 17.3 Å². The van der Waals surface area contributed by atoms with Crippen LogP contribution in [0, 0.1) is 22.0 Å². The molecule has 0 spiro atoms. The smallest absolute Gasteiger partial charge is 0.292 e. The normalized spacial score (nSPS) is 25.5. The number of nitro groups is 1. The van der Waals surface area contributed by atoms with E-state index in [1.54, 1.807) is 18.2 Å². The summed E-state index contributed by atoms with van der Waals surface area (Å²) in [4.78, 5) is 25.4. The molecule has 2 aliphatic rings. The number of likely N-dealkylation sites (tertiary alicyclic amines) is 1. The largest absolute Gasteiger partial charge is 0.319 e. The zero-order chi connectivity index (χ0) is 17.1. The Morgan fingerprint density at radius 3 is 2.71 bits per heavy atom. The molecule has 6 nitrogen and oxygen atoms in total. The molecule has 6 heteroatoms. The van der Waals surface area contributed by atoms with Crippen LogP contribution in [-0.4, -0.2) is 34.9 Å². The van der Waals surface area contributed by atoms with E-state index in [4.69, 9.17) is 0 Å². The molecular formula is C18H25N3O3. The van der Waals surface area contributed by atoms with E-state index >= 15 is 0 Å². The second-order valence-corrected chi connectivity index (χ2v) is 7.03. The van der Waals surface area contributed by atoms with Gasteiger partial charge in [0, 0.05) is 12.6 Å². The van der Waals surface area contributed by atoms with E-state index in [0.29, 0.717) is 5.92 Å². The van der Waals surface area contributed by atoms with Gasteiger partial charge < -0.3 is 5.32 Å². The molecule has 0 unspecified atom stereocenters. The summed E-state index contributed by atoms with van der Waals surface area (Å²) in [5.41, 5.74) is 0.205. The van der Waals surface area contributed by atoms with Crippen molar-refractivity contribution in [1.29, 1.82) is 0 Å². The Balaban J connectivity index is 1.64. The van der Waals surface area contributed by atoms with E-state index in [9.17, 15) is 14.9 Å². The molecule has 1 amide bonds. The minimum absolute atomic E-state index is 0.0657. The van der Waals surface area contributed by atoms with Crippen molar-refractivity contribution in [2.45, 2.75) is 45.1 Å². The number of hydrogen-bond acceptors (Lipinski definition) is 4. The molecule has 130 valence electrons. The van der Waals surface area contributed by atoms with Gasteiger partial charge in [-0.15, -0.1) is 0 Å². The molecule has 1 N–H and O–H groups in total. The average molecular weight is 331 g/mol. The van der Waals surface area contributed by atoms with Crippen LogP contribution in [0.3, 0.4) is 0 Å². The fourth-order valence-electron chi connectivity index (χ4n) is 4.12. The van der Waals surface area contributed by atoms with Gasteiger partial charge in [0.1, 0.15) is 5.69 Å². The maximum atomic E-state index is 12.6. The van der Waals surface area contributed by atoms with E-state index in [0.717, 1.165) is 25.4 Å². The molecule has 2 fully saturated rings. The highest BCUT2D eigenvalue weighted by Crippen LogP contribution is 2.36. The van der Waals surface area contributed by atoms with Gasteiger partial charge in [0.05, 0.1) is 11.0 Å². The molecule has 3 rings (SSSR count). The van der Waals surface area contributed by atoms with Crippen molar-refractivity contribution in [3.63, 3.8) is 0 Å². The molecule has 24 heavy (non-hydrogen) atoms. The summed E-state index contributed by atoms with van der Waals surface area (Å²) in [6.45, 7) is 3.80. The lowest BCUT2D eigenvalue weighted by Gasteiger charge is -2.43. The Bertz CT molecular complexity index is 619. The lowest BCUT2D eigenvalue weighted by atomic mass is 9.75. The monoisotopic (exact) mass is 331 g/mol. The number of nitro benzene ring substituents is 1. The highest BCUT2D eigenvalue weighted by Gasteiger charge is 2.34. The predicted molar refractivity (Wildman–Crippen MR) is 92.8 cm³/mol. The minimum Gasteiger partial charge on any atom is -0.319 e. The van der Waals surface area contributed by atoms with Crippen LogP contribution in [0.4, 0.5) is 11.4 Å². The molecule has 1 saturated carbocycles. The lowest BCUT2D eigenvalue weighted by Crippen LogP contribution is -2.49. The van der Waals surface area contributed by atoms with Gasteiger partial charge in [-0.25, -0.2) is 0 Å². The minimum atomic E-state index is -0.464. The summed E-state index contributed by atoms with van der Waals surface area (Å²) in [6, 6.07) is 6.02. The van der Waals surface area contributed by atoms with Gasteiger partial charge in [-0.1, -0.05) is 31.4 Å². The number of benzene rings is 1. The van der Waals surface area contributed by atoms with Crippen molar-refractivity contribution in [2.75, 3.05) is 18.4 Å². The van der Waals surface area contributed by atoms with E-state index in [2.05, 4.69) is 10.2 Å². The SMILES string of the molecule is C[C@@H](C(=O)Nc1ccccc1[N+](=O)[O-])N1CC[C@@H]2CCCC[C@@H]2C1. The first-order chi connectivity index (χ1) is 11.6. The fraction of sp³-hybridized carbons (Fsp3) is 0.611. The average Bonchev–Trinajstić information content (AvgIpc) is 2.61. The molecule has 0 bridgehead atoms. The van der Waals surface area contributed by atoms with Gasteiger partial charge >= 0.3 is 0 Å². The molecule has 0 radical (unpaired) electrons. The Labute approximate surface area is 142 Å². The van der Waals surface area contributed by atoms with E-state index in [-0.39, 0.29) is 23.3 Å². The number of amides is 1. The Morgan fingerprint density at radius 1 is 1.25 bits per heavy atom. The number of para-hydroxylation sites is 2. The summed E-state index contributed by atoms with van der Waals surface area (Å²) in [5, 5.41) is 13.8. The zero-order valence-electron chi connectivity index (χ0n) is 14.1. The molecule has 1 saturated heterocycles. The van der Waals surface area contributed by atoms with Gasteiger partial charge in [-0.3, -0.25) is 19.8 Å². The van der Waals surface area contributed by atoms with Crippen LogP contribution in [0.15, 0.2) is 24.3 Å². The molecular weight excluding hydrogens is 306 g/mol. The summed E-state index contributed by atoms with van der Waals surface area (Å²) >= 11 is 0. The number of nitrogens with zero attached hydrogens (tertiary/aromatic N) is 2. The van der Waals surface area contributed by atoms with Crippen molar-refractivity contribution in [3.05, 3.63) is 34.4 Å². The number of rotatable bonds is 4. The third kappa shape index (κ3) is 3.59. The molecule has 1 aromatic carbocycles. The van der Waals surface area contributed by atoms with E-state index in [1.165, 1.54) is 31.7 Å². The second kappa shape index (κ2) is 7.30. The van der Waals surface area contributed by atoms with Gasteiger partial charge in [-0.05, 0) is 44.2 Å². The third-order valence-corrected chi connectivity index (χ3v) is 5.61. The van der Waals surface area contributed by atoms with E-state index in [1.807, 2.05) is 6.92 Å². The van der Waals surface area contributed by atoms with Gasteiger partial charge in [0.15, 0.2) is 0 Å². The Morgan fingerprint density at radius 2 is 1.96 bits per heavy atom. The van der Waals surface area contributed by atoms with Crippen LogP contribution in [0.25, 0.3) is 0 Å². The topological polar surface area (TPSA) is 75.5 Å². The Kier molecular flexibility index (Phi) is 5.14. The van der Waals surface area contributed by atoms with Crippen molar-refractivity contribution in [3.8, 4) is 0 Å². The highest BCUT2D eigenvalue weighted by atomic mass is 16.6. The number of carbonyl (C=O) groups is 1. The number of fused-ring (bicyclic) bond motifs is 1. The van der Waals surface area contributed by atoms with Crippen LogP contribution >= 0.6 is 0 Å². The molecule has 1 aliphatic carbocycles. The first kappa shape index (κ1) is 16.9. The standard InChI is InChI=1S/C18H25N3O3/c1-13(20-11-10-14-6-2-3-7-15(14)12-20)18(22)19-16-8-4-5-9-17(16)21(23)24/h4-5,8-9,13-15H,2-3,6-7,10-12H2,1H3,(H,19,22)/t13-,14-,15+/m0/s1. The summed E-state index contributed by atoms with van der Waals surface area (Å²) in [6.07, 6.45) is 6.39. The van der Waals surface area contributed by atoms with Crippen molar-refractivity contribution in [2.24, 2.45) is 11.8 Å². The molecule has 1 aromatic rings. The summed E-state index contributed by atoms with van der Waals surface area (Å²) in [7, 11) is 0. The van der Waals surface area contributed by atoms with Crippen LogP contribution < -0.4 is 5.32 Å². The molecule has 3 atom stereocenters. The summed E-state index contributed by atoms with van der Waals surface area (Å²) < 4.78 is 0. The number of anilines is 1. The van der Waals surface area contributed by atoms with Crippen LogP contribution in [0.2, 0.25) is 0 Å². The Hall–Kier alpha value is -1.95. The highest BCUT2D eigenvalue weighted by molar-refractivity contribution is 5.96. The quantitative estimate of drug-likeness (QED) is 0.677. The van der Waals surface area contributed by atoms with Gasteiger partial charge in [-0.2, -0.15) is 0 Å². The summed E-state index contributed by atoms with van der Waals surface area (Å²) in [5.74, 6) is 1.35. The van der Waals surface area contributed by atoms with Crippen LogP contribution in [0.1, 0.15) is 39.0 Å². The fourth-order valence-corrected chi connectivity index (χ4v) is 4.12. The van der Waals surface area contributed by atoms with E-state index < -0.39 is 4.92 Å². The maximum Gasteiger partial charge on any atom is 0.292 e. The second-order valence-electron chi connectivity index (χ2n) is 7.03. The maximum absolute atomic E-state index is 12.6. The molecule has 1 aliphatic heterocycles. The van der Waals surface area contributed by atoms with Crippen molar-refractivity contribution < 1.29 is 9.72 Å². The van der Waals surface area contributed by atoms with Gasteiger partial charge in [0.25, 0.3) is 5.69 Å². The number of carbonyl (C=O) groups excluding carboxylic acids is 1. The zero-order valence-corrected chi connectivity index (χ0v) is 14.1. The first-order valence-corrected chi connectivity index (χ1v) is 8.84. The third-order valence-electron chi connectivity index (χ3n) is 5.61. The predicted octanol–water partition coefficient (Wildman–Crippen LogP) is 3.43.